The number of rotatable bonds is 7. The number of carbonyl (C=O) groups is 2. The fourth-order valence-electron chi connectivity index (χ4n) is 2.02. The lowest BCUT2D eigenvalue weighted by Gasteiger charge is -2.10. The number of hydrogen-bond acceptors (Lipinski definition) is 4. The van der Waals surface area contributed by atoms with Crippen LogP contribution in [0.15, 0.2) is 48.5 Å². The van der Waals surface area contributed by atoms with Crippen molar-refractivity contribution in [2.75, 3.05) is 6.61 Å². The summed E-state index contributed by atoms with van der Waals surface area (Å²) >= 11 is 0. The SMILES string of the molecule is CC(C)CCOc1cccc(C(=O)Oc2ccccc2C(=O)O)c1. The lowest BCUT2D eigenvalue weighted by Crippen LogP contribution is -2.11. The van der Waals surface area contributed by atoms with Gasteiger partial charge in [-0.15, -0.1) is 0 Å². The number of hydrogen-bond donors (Lipinski definition) is 1. The van der Waals surface area contributed by atoms with Crippen LogP contribution in [0, 0.1) is 5.92 Å². The van der Waals surface area contributed by atoms with Crippen LogP contribution < -0.4 is 9.47 Å². The molecule has 2 rings (SSSR count). The number of ether oxygens (including phenoxy) is 2. The molecule has 5 nitrogen and oxygen atoms in total. The van der Waals surface area contributed by atoms with Gasteiger partial charge >= 0.3 is 11.9 Å². The minimum absolute atomic E-state index is 0.0149. The third-order valence-corrected chi connectivity index (χ3v) is 3.35. The third-order valence-electron chi connectivity index (χ3n) is 3.35. The Morgan fingerprint density at radius 2 is 1.83 bits per heavy atom. The predicted octanol–water partition coefficient (Wildman–Crippen LogP) is 4.03. The maximum Gasteiger partial charge on any atom is 0.343 e. The van der Waals surface area contributed by atoms with Gasteiger partial charge in [0.1, 0.15) is 17.1 Å². The van der Waals surface area contributed by atoms with E-state index in [-0.39, 0.29) is 11.3 Å². The number of benzene rings is 2. The molecule has 0 aliphatic rings. The maximum absolute atomic E-state index is 12.3. The van der Waals surface area contributed by atoms with Gasteiger partial charge in [-0.1, -0.05) is 32.0 Å². The molecular formula is C19H20O5. The van der Waals surface area contributed by atoms with E-state index in [1.807, 2.05) is 0 Å². The Morgan fingerprint density at radius 3 is 2.54 bits per heavy atom. The smallest absolute Gasteiger partial charge is 0.343 e. The molecule has 0 atom stereocenters. The summed E-state index contributed by atoms with van der Waals surface area (Å²) in [6.07, 6.45) is 0.917. The lowest BCUT2D eigenvalue weighted by atomic mass is 10.1. The number of aromatic carboxylic acids is 1. The van der Waals surface area contributed by atoms with Crippen molar-refractivity contribution < 1.29 is 24.2 Å². The summed E-state index contributed by atoms with van der Waals surface area (Å²) in [5.41, 5.74) is 0.243. The molecule has 0 heterocycles. The highest BCUT2D eigenvalue weighted by Gasteiger charge is 2.15. The molecule has 2 aromatic carbocycles. The summed E-state index contributed by atoms with van der Waals surface area (Å²) < 4.78 is 10.8. The molecule has 0 saturated carbocycles. The van der Waals surface area contributed by atoms with Gasteiger partial charge < -0.3 is 14.6 Å². The Kier molecular flexibility index (Phi) is 5.95. The molecule has 0 unspecified atom stereocenters. The molecule has 24 heavy (non-hydrogen) atoms. The molecule has 5 heteroatoms. The van der Waals surface area contributed by atoms with Gasteiger partial charge in [-0.3, -0.25) is 0 Å². The minimum atomic E-state index is -1.15. The second-order valence-electron chi connectivity index (χ2n) is 5.75. The molecule has 1 N–H and O–H groups in total. The fourth-order valence-corrected chi connectivity index (χ4v) is 2.02. The van der Waals surface area contributed by atoms with Gasteiger partial charge in [0.05, 0.1) is 12.2 Å². The molecule has 0 bridgehead atoms. The molecule has 0 spiro atoms. The van der Waals surface area contributed by atoms with Gasteiger partial charge in [-0.2, -0.15) is 0 Å². The Morgan fingerprint density at radius 1 is 1.08 bits per heavy atom. The summed E-state index contributed by atoms with van der Waals surface area (Å²) in [5.74, 6) is -0.648. The van der Waals surface area contributed by atoms with E-state index < -0.39 is 11.9 Å². The number of esters is 1. The van der Waals surface area contributed by atoms with Gasteiger partial charge in [-0.05, 0) is 42.7 Å². The van der Waals surface area contributed by atoms with E-state index in [2.05, 4.69) is 13.8 Å². The summed E-state index contributed by atoms with van der Waals surface area (Å²) in [6, 6.07) is 12.7. The highest BCUT2D eigenvalue weighted by molar-refractivity contribution is 5.95. The van der Waals surface area contributed by atoms with E-state index >= 15 is 0 Å². The van der Waals surface area contributed by atoms with Crippen molar-refractivity contribution in [3.8, 4) is 11.5 Å². The third kappa shape index (κ3) is 4.84. The van der Waals surface area contributed by atoms with E-state index in [1.54, 1.807) is 36.4 Å². The van der Waals surface area contributed by atoms with Gasteiger partial charge in [-0.25, -0.2) is 9.59 Å². The van der Waals surface area contributed by atoms with Crippen LogP contribution in [0.25, 0.3) is 0 Å². The van der Waals surface area contributed by atoms with Crippen LogP contribution in [-0.4, -0.2) is 23.7 Å². The van der Waals surface area contributed by atoms with Crippen molar-refractivity contribution in [1.82, 2.24) is 0 Å². The molecule has 0 saturated heterocycles. The zero-order valence-corrected chi connectivity index (χ0v) is 13.7. The largest absolute Gasteiger partial charge is 0.494 e. The molecule has 0 aliphatic heterocycles. The first-order chi connectivity index (χ1) is 11.5. The first-order valence-corrected chi connectivity index (χ1v) is 7.74. The van der Waals surface area contributed by atoms with E-state index in [1.165, 1.54) is 12.1 Å². The summed E-state index contributed by atoms with van der Waals surface area (Å²) in [7, 11) is 0. The Bertz CT molecular complexity index is 721. The minimum Gasteiger partial charge on any atom is -0.494 e. The second-order valence-corrected chi connectivity index (χ2v) is 5.75. The lowest BCUT2D eigenvalue weighted by molar-refractivity contribution is 0.0681. The predicted molar refractivity (Wildman–Crippen MR) is 89.8 cm³/mol. The van der Waals surface area contributed by atoms with Crippen molar-refractivity contribution in [3.63, 3.8) is 0 Å². The van der Waals surface area contributed by atoms with Crippen LogP contribution in [0.4, 0.5) is 0 Å². The van der Waals surface area contributed by atoms with Gasteiger partial charge in [0.25, 0.3) is 0 Å². The van der Waals surface area contributed by atoms with Crippen LogP contribution in [0.3, 0.4) is 0 Å². The first kappa shape index (κ1) is 17.5. The standard InChI is InChI=1S/C19H20O5/c1-13(2)10-11-23-15-7-5-6-14(12-15)19(22)24-17-9-4-3-8-16(17)18(20)21/h3-9,12-13H,10-11H2,1-2H3,(H,20,21). The zero-order chi connectivity index (χ0) is 17.5. The van der Waals surface area contributed by atoms with E-state index in [0.29, 0.717) is 23.8 Å². The Balaban J connectivity index is 2.09. The molecule has 0 aliphatic carbocycles. The molecule has 0 radical (unpaired) electrons. The molecule has 0 amide bonds. The molecule has 0 fully saturated rings. The molecule has 2 aromatic rings. The van der Waals surface area contributed by atoms with Crippen molar-refractivity contribution in [2.24, 2.45) is 5.92 Å². The average Bonchev–Trinajstić information content (AvgIpc) is 2.55. The zero-order valence-electron chi connectivity index (χ0n) is 13.7. The van der Waals surface area contributed by atoms with Gasteiger partial charge in [0.2, 0.25) is 0 Å². The summed E-state index contributed by atoms with van der Waals surface area (Å²) in [5, 5.41) is 9.12. The molecular weight excluding hydrogens is 308 g/mol. The maximum atomic E-state index is 12.3. The normalized spacial score (nSPS) is 10.5. The van der Waals surface area contributed by atoms with Crippen LogP contribution >= 0.6 is 0 Å². The monoisotopic (exact) mass is 328 g/mol. The topological polar surface area (TPSA) is 72.8 Å². The number of para-hydroxylation sites is 1. The van der Waals surface area contributed by atoms with Gasteiger partial charge in [0, 0.05) is 0 Å². The van der Waals surface area contributed by atoms with Crippen molar-refractivity contribution in [3.05, 3.63) is 59.7 Å². The Hall–Kier alpha value is -2.82. The first-order valence-electron chi connectivity index (χ1n) is 7.74. The van der Waals surface area contributed by atoms with E-state index in [4.69, 9.17) is 14.6 Å². The average molecular weight is 328 g/mol. The summed E-state index contributed by atoms with van der Waals surface area (Å²) in [4.78, 5) is 23.4. The summed E-state index contributed by atoms with van der Waals surface area (Å²) in [6.45, 7) is 4.78. The second kappa shape index (κ2) is 8.15. The van der Waals surface area contributed by atoms with Gasteiger partial charge in [0.15, 0.2) is 0 Å². The Labute approximate surface area is 140 Å². The van der Waals surface area contributed by atoms with Crippen molar-refractivity contribution in [1.29, 1.82) is 0 Å². The van der Waals surface area contributed by atoms with Crippen LogP contribution in [0.2, 0.25) is 0 Å². The van der Waals surface area contributed by atoms with Crippen LogP contribution in [0.5, 0.6) is 11.5 Å². The number of carbonyl (C=O) groups excluding carboxylic acids is 1. The van der Waals surface area contributed by atoms with E-state index in [9.17, 15) is 9.59 Å². The van der Waals surface area contributed by atoms with Crippen LogP contribution in [0.1, 0.15) is 41.0 Å². The molecule has 126 valence electrons. The molecule has 0 aromatic heterocycles. The fraction of sp³-hybridized carbons (Fsp3) is 0.263. The van der Waals surface area contributed by atoms with Crippen LogP contribution in [-0.2, 0) is 0 Å². The number of carboxylic acid groups (broad SMARTS) is 1. The quantitative estimate of drug-likeness (QED) is 0.613. The highest BCUT2D eigenvalue weighted by Crippen LogP contribution is 2.21. The van der Waals surface area contributed by atoms with Crippen molar-refractivity contribution >= 4 is 11.9 Å². The number of carboxylic acids is 1. The highest BCUT2D eigenvalue weighted by atomic mass is 16.5. The van der Waals surface area contributed by atoms with Crippen molar-refractivity contribution in [2.45, 2.75) is 20.3 Å². The van der Waals surface area contributed by atoms with E-state index in [0.717, 1.165) is 6.42 Å².